The van der Waals surface area contributed by atoms with Crippen molar-refractivity contribution < 1.29 is 46.6 Å². The van der Waals surface area contributed by atoms with Crippen LogP contribution >= 0.6 is 0 Å². The average molecular weight is 742 g/mol. The number of aromatic nitrogens is 1. The fraction of sp³-hybridized carbons (Fsp3) is 0.500. The predicted molar refractivity (Wildman–Crippen MR) is 192 cm³/mol. The average Bonchev–Trinajstić information content (AvgIpc) is 3.85. The number of carbonyl (C=O) groups excluding carboxylic acids is 5. The van der Waals surface area contributed by atoms with Gasteiger partial charge in [0.25, 0.3) is 5.91 Å². The van der Waals surface area contributed by atoms with Gasteiger partial charge in [0, 0.05) is 24.4 Å². The van der Waals surface area contributed by atoms with E-state index < -0.39 is 68.9 Å². The van der Waals surface area contributed by atoms with E-state index in [0.717, 1.165) is 17.0 Å². The number of likely N-dealkylation sites (tertiary alicyclic amines) is 1. The highest BCUT2D eigenvalue weighted by atomic mass is 32.2. The molecule has 4 amide bonds. The van der Waals surface area contributed by atoms with E-state index in [9.17, 15) is 32.4 Å². The highest BCUT2D eigenvalue weighted by Gasteiger charge is 2.45. The molecule has 0 spiro atoms. The molecule has 4 atom stereocenters. The molecule has 16 heteroatoms. The van der Waals surface area contributed by atoms with Gasteiger partial charge in [-0.25, -0.2) is 18.2 Å². The first-order chi connectivity index (χ1) is 24.4. The van der Waals surface area contributed by atoms with Gasteiger partial charge in [0.05, 0.1) is 18.9 Å². The molecular formula is C36H47N5O10S. The number of rotatable bonds is 15. The van der Waals surface area contributed by atoms with Crippen LogP contribution in [0.3, 0.4) is 0 Å². The number of allylic oxidation sites excluding steroid dienone is 2. The Labute approximate surface area is 303 Å². The van der Waals surface area contributed by atoms with Gasteiger partial charge in [0.2, 0.25) is 27.7 Å². The van der Waals surface area contributed by atoms with Crippen molar-refractivity contribution in [3.05, 3.63) is 54.8 Å². The Hall–Kier alpha value is -4.99. The maximum absolute atomic E-state index is 14.3. The Morgan fingerprint density at radius 3 is 2.42 bits per heavy atom. The van der Waals surface area contributed by atoms with Crippen LogP contribution in [-0.4, -0.2) is 96.6 Å². The van der Waals surface area contributed by atoms with E-state index in [1.165, 1.54) is 18.1 Å². The van der Waals surface area contributed by atoms with Gasteiger partial charge in [-0.2, -0.15) is 0 Å². The first-order valence-electron chi connectivity index (χ1n) is 17.0. The van der Waals surface area contributed by atoms with Gasteiger partial charge in [-0.15, -0.1) is 6.58 Å². The molecule has 0 bridgehead atoms. The quantitative estimate of drug-likeness (QED) is 0.179. The summed E-state index contributed by atoms with van der Waals surface area (Å²) in [5.41, 5.74) is -0.138. The standard InChI is InChI=1S/C36H47N5O10S/c1-8-28(31(43)40-52(47,48)26-12-13-26)38-32(44)30-19-25(50-33-27-18-24(49-7)11-9-22(27)15-16-37-33)20-41(30)34(45)29(14-10-23(42)17-21(2)3)39-35(46)51-36(4,5)6/h8-9,11,15-18,25-26,28-30H,1,10,12-14,19-20H2,2-7H3,(H,38,44)(H,39,46)(H,40,43)/t25-,28-,29+,30+/m1/s1. The van der Waals surface area contributed by atoms with E-state index >= 15 is 0 Å². The first kappa shape index (κ1) is 39.8. The van der Waals surface area contributed by atoms with Crippen molar-refractivity contribution >= 4 is 50.4 Å². The van der Waals surface area contributed by atoms with Gasteiger partial charge in [0.1, 0.15) is 35.6 Å². The van der Waals surface area contributed by atoms with E-state index in [0.29, 0.717) is 24.0 Å². The molecule has 15 nitrogen and oxygen atoms in total. The number of hydrogen-bond donors (Lipinski definition) is 3. The molecule has 2 aromatic rings. The molecule has 1 saturated heterocycles. The van der Waals surface area contributed by atoms with Crippen LogP contribution in [0, 0.1) is 0 Å². The summed E-state index contributed by atoms with van der Waals surface area (Å²) in [6.07, 6.45) is 2.93. The van der Waals surface area contributed by atoms with Gasteiger partial charge >= 0.3 is 6.09 Å². The lowest BCUT2D eigenvalue weighted by Crippen LogP contribution is -2.56. The molecule has 1 saturated carbocycles. The molecule has 282 valence electrons. The number of hydrogen-bond acceptors (Lipinski definition) is 11. The van der Waals surface area contributed by atoms with E-state index in [2.05, 4.69) is 22.2 Å². The lowest BCUT2D eigenvalue weighted by atomic mass is 10.1. The number of benzene rings is 1. The first-order valence-corrected chi connectivity index (χ1v) is 18.5. The summed E-state index contributed by atoms with van der Waals surface area (Å²) in [7, 11) is -2.40. The van der Waals surface area contributed by atoms with Crippen molar-refractivity contribution in [2.75, 3.05) is 13.7 Å². The number of alkyl carbamates (subject to hydrolysis) is 1. The largest absolute Gasteiger partial charge is 0.497 e. The number of ketones is 1. The Bertz CT molecular complexity index is 1850. The van der Waals surface area contributed by atoms with Crippen molar-refractivity contribution in [1.29, 1.82) is 0 Å². The topological polar surface area (TPSA) is 199 Å². The zero-order chi connectivity index (χ0) is 38.4. The molecule has 1 aromatic carbocycles. The molecule has 2 aliphatic rings. The molecule has 52 heavy (non-hydrogen) atoms. The summed E-state index contributed by atoms with van der Waals surface area (Å²) >= 11 is 0. The van der Waals surface area contributed by atoms with E-state index in [4.69, 9.17) is 14.2 Å². The molecular weight excluding hydrogens is 694 g/mol. The Morgan fingerprint density at radius 1 is 1.10 bits per heavy atom. The van der Waals surface area contributed by atoms with E-state index in [1.54, 1.807) is 59.0 Å². The highest BCUT2D eigenvalue weighted by molar-refractivity contribution is 7.90. The Morgan fingerprint density at radius 2 is 1.81 bits per heavy atom. The van der Waals surface area contributed by atoms with Crippen LogP contribution in [0.1, 0.15) is 66.7 Å². The molecule has 1 aromatic heterocycles. The van der Waals surface area contributed by atoms with E-state index in [1.807, 2.05) is 10.8 Å². The van der Waals surface area contributed by atoms with Gasteiger partial charge in [0.15, 0.2) is 5.78 Å². The number of amides is 4. The van der Waals surface area contributed by atoms with Gasteiger partial charge in [-0.1, -0.05) is 17.7 Å². The minimum atomic E-state index is -3.93. The van der Waals surface area contributed by atoms with Crippen molar-refractivity contribution in [1.82, 2.24) is 25.2 Å². The molecule has 4 rings (SSSR count). The van der Waals surface area contributed by atoms with Crippen molar-refractivity contribution in [2.24, 2.45) is 0 Å². The maximum Gasteiger partial charge on any atom is 0.408 e. The second kappa shape index (κ2) is 16.6. The third kappa shape index (κ3) is 10.8. The predicted octanol–water partition coefficient (Wildman–Crippen LogP) is 3.08. The lowest BCUT2D eigenvalue weighted by molar-refractivity contribution is -0.140. The Balaban J connectivity index is 1.64. The zero-order valence-corrected chi connectivity index (χ0v) is 31.1. The normalized spacial score (nSPS) is 18.4. The van der Waals surface area contributed by atoms with Crippen LogP contribution in [0.5, 0.6) is 11.6 Å². The molecule has 1 aliphatic heterocycles. The second-order valence-electron chi connectivity index (χ2n) is 14.0. The number of carbonyl (C=O) groups is 5. The number of sulfonamides is 1. The fourth-order valence-corrected chi connectivity index (χ4v) is 6.94. The third-order valence-corrected chi connectivity index (χ3v) is 10.0. The third-order valence-electron chi connectivity index (χ3n) is 8.20. The summed E-state index contributed by atoms with van der Waals surface area (Å²) in [5.74, 6) is -1.99. The second-order valence-corrected chi connectivity index (χ2v) is 16.0. The van der Waals surface area contributed by atoms with Crippen LogP contribution in [0.15, 0.2) is 54.8 Å². The summed E-state index contributed by atoms with van der Waals surface area (Å²) in [5, 5.41) is 5.80. The minimum absolute atomic E-state index is 0.0681. The number of ether oxygens (including phenoxy) is 3. The summed E-state index contributed by atoms with van der Waals surface area (Å²) in [6, 6.07) is 3.14. The number of nitrogens with zero attached hydrogens (tertiary/aromatic N) is 2. The number of fused-ring (bicyclic) bond motifs is 1. The number of pyridine rings is 1. The molecule has 1 aliphatic carbocycles. The summed E-state index contributed by atoms with van der Waals surface area (Å²) in [6.45, 7) is 11.9. The van der Waals surface area contributed by atoms with Crippen LogP contribution in [0.25, 0.3) is 10.8 Å². The van der Waals surface area contributed by atoms with Gasteiger partial charge in [-0.05, 0) is 83.5 Å². The SMILES string of the molecule is C=C[C@@H](NC(=O)[C@@H]1C[C@@H](Oc2nccc3ccc(OC)cc23)CN1C(=O)[C@H](CCC(=O)C=C(C)C)NC(=O)OC(C)(C)C)C(=O)NS(=O)(=O)C1CC1. The van der Waals surface area contributed by atoms with Crippen LogP contribution in [0.4, 0.5) is 4.79 Å². The molecule has 2 fully saturated rings. The van der Waals surface area contributed by atoms with E-state index in [-0.39, 0.29) is 37.5 Å². The summed E-state index contributed by atoms with van der Waals surface area (Å²) in [4.78, 5) is 72.3. The van der Waals surface area contributed by atoms with Crippen molar-refractivity contribution in [2.45, 2.75) is 102 Å². The van der Waals surface area contributed by atoms with Crippen molar-refractivity contribution in [3.63, 3.8) is 0 Å². The lowest BCUT2D eigenvalue weighted by Gasteiger charge is -2.29. The highest BCUT2D eigenvalue weighted by Crippen LogP contribution is 2.31. The van der Waals surface area contributed by atoms with Crippen LogP contribution in [0.2, 0.25) is 0 Å². The smallest absolute Gasteiger partial charge is 0.408 e. The van der Waals surface area contributed by atoms with Gasteiger partial charge < -0.3 is 29.7 Å². The number of methoxy groups -OCH3 is 1. The van der Waals surface area contributed by atoms with Crippen LogP contribution < -0.4 is 24.8 Å². The molecule has 2 heterocycles. The Kier molecular flexibility index (Phi) is 12.7. The summed E-state index contributed by atoms with van der Waals surface area (Å²) < 4.78 is 43.9. The number of nitrogens with one attached hydrogen (secondary N) is 3. The molecule has 0 radical (unpaired) electrons. The minimum Gasteiger partial charge on any atom is -0.497 e. The fourth-order valence-electron chi connectivity index (χ4n) is 5.61. The molecule has 0 unspecified atom stereocenters. The van der Waals surface area contributed by atoms with Crippen LogP contribution in [-0.2, 0) is 33.9 Å². The maximum atomic E-state index is 14.3. The van der Waals surface area contributed by atoms with Gasteiger partial charge in [-0.3, -0.25) is 23.9 Å². The monoisotopic (exact) mass is 741 g/mol. The molecule has 3 N–H and O–H groups in total. The van der Waals surface area contributed by atoms with Crippen molar-refractivity contribution in [3.8, 4) is 11.6 Å². The zero-order valence-electron chi connectivity index (χ0n) is 30.3.